The van der Waals surface area contributed by atoms with E-state index in [2.05, 4.69) is 27.6 Å². The number of benzene rings is 1. The number of ether oxygens (including phenoxy) is 1. The molecule has 0 saturated heterocycles. The van der Waals surface area contributed by atoms with E-state index in [0.717, 1.165) is 3.57 Å². The number of fused-ring (bicyclic) bond motifs is 1. The number of nitrogens with zero attached hydrogens (tertiary/aromatic N) is 2. The third kappa shape index (κ3) is 2.19. The van der Waals surface area contributed by atoms with Crippen LogP contribution in [0.15, 0.2) is 35.8 Å². The van der Waals surface area contributed by atoms with Gasteiger partial charge in [-0.2, -0.15) is 4.98 Å². The highest BCUT2D eigenvalue weighted by atomic mass is 127. The maximum Gasteiger partial charge on any atom is 0.358 e. The number of para-hydroxylation sites is 1. The lowest BCUT2D eigenvalue weighted by Gasteiger charge is -2.05. The van der Waals surface area contributed by atoms with E-state index in [0.29, 0.717) is 10.7 Å². The lowest BCUT2D eigenvalue weighted by Crippen LogP contribution is -2.03. The molecular formula is C12H7IN2O3S. The van der Waals surface area contributed by atoms with E-state index in [9.17, 15) is 9.90 Å². The molecule has 0 bridgehead atoms. The van der Waals surface area contributed by atoms with Gasteiger partial charge in [0.05, 0.1) is 3.57 Å². The van der Waals surface area contributed by atoms with E-state index < -0.39 is 5.97 Å². The number of aromatic nitrogens is 2. The molecule has 2 aromatic heterocycles. The average molecular weight is 386 g/mol. The van der Waals surface area contributed by atoms with Gasteiger partial charge in [-0.25, -0.2) is 4.79 Å². The Morgan fingerprint density at radius 1 is 1.42 bits per heavy atom. The van der Waals surface area contributed by atoms with Gasteiger partial charge in [0.25, 0.3) is 5.88 Å². The topological polar surface area (TPSA) is 63.8 Å². The maximum absolute atomic E-state index is 11.3. The number of carboxylic acid groups (broad SMARTS) is 1. The van der Waals surface area contributed by atoms with E-state index in [1.807, 2.05) is 18.2 Å². The van der Waals surface area contributed by atoms with Crippen LogP contribution in [0.4, 0.5) is 0 Å². The summed E-state index contributed by atoms with van der Waals surface area (Å²) in [6, 6.07) is 7.38. The summed E-state index contributed by atoms with van der Waals surface area (Å²) < 4.78 is 8.04. The molecule has 0 aliphatic heterocycles. The van der Waals surface area contributed by atoms with Crippen LogP contribution < -0.4 is 4.74 Å². The number of rotatable bonds is 3. The van der Waals surface area contributed by atoms with E-state index in [1.54, 1.807) is 17.6 Å². The summed E-state index contributed by atoms with van der Waals surface area (Å²) >= 11 is 3.49. The maximum atomic E-state index is 11.3. The average Bonchev–Trinajstić information content (AvgIpc) is 2.91. The smallest absolute Gasteiger partial charge is 0.358 e. The Balaban J connectivity index is 2.10. The summed E-state index contributed by atoms with van der Waals surface area (Å²) in [5, 5.41) is 11.1. The molecule has 0 fully saturated rings. The highest BCUT2D eigenvalue weighted by molar-refractivity contribution is 14.1. The van der Waals surface area contributed by atoms with Crippen LogP contribution in [0.25, 0.3) is 4.96 Å². The number of halogens is 1. The molecule has 0 aliphatic rings. The first-order valence-electron chi connectivity index (χ1n) is 5.28. The molecule has 3 rings (SSSR count). The lowest BCUT2D eigenvalue weighted by molar-refractivity contribution is 0.0686. The van der Waals surface area contributed by atoms with Crippen molar-refractivity contribution in [1.82, 2.24) is 9.38 Å². The standard InChI is InChI=1S/C12H7IN2O3S/c13-7-3-1-2-4-8(7)18-10-9(11(16)17)15-5-6-19-12(15)14-10/h1-6H,(H,16,17). The summed E-state index contributed by atoms with van der Waals surface area (Å²) in [6.45, 7) is 0. The second-order valence-corrected chi connectivity index (χ2v) is 5.69. The highest BCUT2D eigenvalue weighted by Gasteiger charge is 2.21. The van der Waals surface area contributed by atoms with Crippen LogP contribution in [0.5, 0.6) is 11.6 Å². The van der Waals surface area contributed by atoms with E-state index in [-0.39, 0.29) is 11.6 Å². The van der Waals surface area contributed by atoms with Gasteiger partial charge in [-0.1, -0.05) is 12.1 Å². The molecule has 0 unspecified atom stereocenters. The molecular weight excluding hydrogens is 379 g/mol. The van der Waals surface area contributed by atoms with Crippen molar-refractivity contribution < 1.29 is 14.6 Å². The van der Waals surface area contributed by atoms with Gasteiger partial charge in [-0.3, -0.25) is 4.40 Å². The van der Waals surface area contributed by atoms with Crippen LogP contribution in [0.2, 0.25) is 0 Å². The van der Waals surface area contributed by atoms with E-state index >= 15 is 0 Å². The quantitative estimate of drug-likeness (QED) is 0.700. The first kappa shape index (κ1) is 12.4. The van der Waals surface area contributed by atoms with E-state index in [1.165, 1.54) is 15.7 Å². The Morgan fingerprint density at radius 3 is 2.95 bits per heavy atom. The summed E-state index contributed by atoms with van der Waals surface area (Å²) in [5.74, 6) is -0.355. The molecule has 0 amide bonds. The second kappa shape index (κ2) is 4.82. The van der Waals surface area contributed by atoms with Crippen molar-refractivity contribution in [1.29, 1.82) is 0 Å². The normalized spacial score (nSPS) is 10.8. The Hall–Kier alpha value is -1.61. The van der Waals surface area contributed by atoms with Gasteiger partial charge in [-0.15, -0.1) is 11.3 Å². The Morgan fingerprint density at radius 2 is 2.21 bits per heavy atom. The molecule has 19 heavy (non-hydrogen) atoms. The number of thiazole rings is 1. The molecule has 0 atom stereocenters. The van der Waals surface area contributed by atoms with Crippen LogP contribution in [-0.2, 0) is 0 Å². The summed E-state index contributed by atoms with van der Waals surface area (Å²) in [6.07, 6.45) is 1.67. The van der Waals surface area contributed by atoms with Gasteiger partial charge in [0.1, 0.15) is 5.75 Å². The third-order valence-electron chi connectivity index (χ3n) is 2.48. The Labute approximate surface area is 125 Å². The van der Waals surface area contributed by atoms with Gasteiger partial charge in [0, 0.05) is 11.6 Å². The van der Waals surface area contributed by atoms with Crippen LogP contribution in [-0.4, -0.2) is 20.5 Å². The highest BCUT2D eigenvalue weighted by Crippen LogP contribution is 2.30. The first-order valence-corrected chi connectivity index (χ1v) is 7.24. The Bertz CT molecular complexity index is 765. The van der Waals surface area contributed by atoms with Crippen LogP contribution in [0.1, 0.15) is 10.5 Å². The van der Waals surface area contributed by atoms with Crippen LogP contribution in [0, 0.1) is 3.57 Å². The van der Waals surface area contributed by atoms with Gasteiger partial charge in [0.15, 0.2) is 10.7 Å². The molecule has 2 heterocycles. The minimum atomic E-state index is -1.06. The van der Waals surface area contributed by atoms with Crippen molar-refractivity contribution in [3.63, 3.8) is 0 Å². The predicted octanol–water partition coefficient (Wildman–Crippen LogP) is 3.49. The number of hydrogen-bond donors (Lipinski definition) is 1. The minimum Gasteiger partial charge on any atom is -0.476 e. The SMILES string of the molecule is O=C(O)c1c(Oc2ccccc2I)nc2sccn12. The molecule has 0 aliphatic carbocycles. The number of hydrogen-bond acceptors (Lipinski definition) is 4. The number of carboxylic acids is 1. The fourth-order valence-corrected chi connectivity index (χ4v) is 2.87. The Kier molecular flexibility index (Phi) is 3.15. The van der Waals surface area contributed by atoms with Gasteiger partial charge < -0.3 is 9.84 Å². The van der Waals surface area contributed by atoms with Crippen molar-refractivity contribution >= 4 is 44.9 Å². The molecule has 0 spiro atoms. The molecule has 3 aromatic rings. The van der Waals surface area contributed by atoms with Crippen LogP contribution in [0.3, 0.4) is 0 Å². The largest absolute Gasteiger partial charge is 0.476 e. The first-order chi connectivity index (χ1) is 9.16. The van der Waals surface area contributed by atoms with Crippen LogP contribution >= 0.6 is 33.9 Å². The summed E-state index contributed by atoms with van der Waals surface area (Å²) in [4.78, 5) is 16.1. The predicted molar refractivity (Wildman–Crippen MR) is 79.3 cm³/mol. The molecule has 0 radical (unpaired) electrons. The minimum absolute atomic E-state index is 0.0379. The second-order valence-electron chi connectivity index (χ2n) is 3.66. The molecule has 0 saturated carbocycles. The molecule has 5 nitrogen and oxygen atoms in total. The van der Waals surface area contributed by atoms with Crippen molar-refractivity contribution in [2.45, 2.75) is 0 Å². The van der Waals surface area contributed by atoms with Crippen molar-refractivity contribution in [3.8, 4) is 11.6 Å². The number of aromatic carboxylic acids is 1. The van der Waals surface area contributed by atoms with Gasteiger partial charge >= 0.3 is 5.97 Å². The fourth-order valence-electron chi connectivity index (χ4n) is 1.66. The van der Waals surface area contributed by atoms with Crippen molar-refractivity contribution in [2.75, 3.05) is 0 Å². The summed E-state index contributed by atoms with van der Waals surface area (Å²) in [5.41, 5.74) is 0.0379. The van der Waals surface area contributed by atoms with Gasteiger partial charge in [0.2, 0.25) is 0 Å². The third-order valence-corrected chi connectivity index (χ3v) is 4.12. The number of carbonyl (C=O) groups is 1. The molecule has 1 N–H and O–H groups in total. The zero-order valence-corrected chi connectivity index (χ0v) is 12.4. The van der Waals surface area contributed by atoms with Crippen molar-refractivity contribution in [2.24, 2.45) is 0 Å². The fraction of sp³-hybridized carbons (Fsp3) is 0. The zero-order valence-electron chi connectivity index (χ0n) is 9.41. The lowest BCUT2D eigenvalue weighted by atomic mass is 10.3. The molecule has 1 aromatic carbocycles. The molecule has 96 valence electrons. The van der Waals surface area contributed by atoms with Crippen molar-refractivity contribution in [3.05, 3.63) is 45.1 Å². The van der Waals surface area contributed by atoms with Gasteiger partial charge in [-0.05, 0) is 34.7 Å². The monoisotopic (exact) mass is 386 g/mol. The summed E-state index contributed by atoms with van der Waals surface area (Å²) in [7, 11) is 0. The number of imidazole rings is 1. The zero-order chi connectivity index (χ0) is 13.4. The van der Waals surface area contributed by atoms with E-state index in [4.69, 9.17) is 4.74 Å². The molecule has 7 heteroatoms.